The third-order valence-corrected chi connectivity index (χ3v) is 4.26. The van der Waals surface area contributed by atoms with Crippen molar-refractivity contribution in [1.29, 1.82) is 0 Å². The minimum Gasteiger partial charge on any atom is -0.493 e. The van der Waals surface area contributed by atoms with Crippen molar-refractivity contribution in [1.82, 2.24) is 15.1 Å². The van der Waals surface area contributed by atoms with E-state index in [2.05, 4.69) is 10.2 Å². The normalized spacial score (nSPS) is 12.9. The van der Waals surface area contributed by atoms with Crippen LogP contribution < -0.4 is 4.74 Å². The molecule has 0 unspecified atom stereocenters. The summed E-state index contributed by atoms with van der Waals surface area (Å²) in [5, 5.41) is 7.18. The van der Waals surface area contributed by atoms with Crippen molar-refractivity contribution in [2.24, 2.45) is 0 Å². The lowest BCUT2D eigenvalue weighted by molar-refractivity contribution is 0.0796. The van der Waals surface area contributed by atoms with E-state index in [-0.39, 0.29) is 5.91 Å². The number of fused-ring (bicyclic) bond motifs is 1. The molecule has 0 saturated carbocycles. The van der Waals surface area contributed by atoms with Gasteiger partial charge in [-0.3, -0.25) is 9.89 Å². The highest BCUT2D eigenvalue weighted by molar-refractivity contribution is 5.94. The summed E-state index contributed by atoms with van der Waals surface area (Å²) in [5.41, 5.74) is 5.14. The van der Waals surface area contributed by atoms with E-state index >= 15 is 0 Å². The van der Waals surface area contributed by atoms with Crippen molar-refractivity contribution >= 4 is 5.91 Å². The van der Waals surface area contributed by atoms with Crippen LogP contribution in [0.2, 0.25) is 0 Å². The number of aromatic amines is 1. The molecule has 1 aromatic carbocycles. The molecule has 116 valence electrons. The molecule has 0 radical (unpaired) electrons. The Kier molecular flexibility index (Phi) is 3.88. The molecular weight excluding hydrogens is 278 g/mol. The molecule has 0 fully saturated rings. The summed E-state index contributed by atoms with van der Waals surface area (Å²) in [4.78, 5) is 14.3. The van der Waals surface area contributed by atoms with Gasteiger partial charge in [0.2, 0.25) is 0 Å². The summed E-state index contributed by atoms with van der Waals surface area (Å²) in [7, 11) is 1.84. The zero-order valence-electron chi connectivity index (χ0n) is 13.3. The third-order valence-electron chi connectivity index (χ3n) is 4.26. The van der Waals surface area contributed by atoms with Crippen LogP contribution in [0.1, 0.15) is 32.9 Å². The molecule has 5 nitrogen and oxygen atoms in total. The first-order valence-corrected chi connectivity index (χ1v) is 7.58. The van der Waals surface area contributed by atoms with Crippen molar-refractivity contribution < 1.29 is 9.53 Å². The van der Waals surface area contributed by atoms with Gasteiger partial charge in [0.25, 0.3) is 5.91 Å². The maximum atomic E-state index is 12.5. The maximum Gasteiger partial charge on any atom is 0.253 e. The Balaban J connectivity index is 1.67. The van der Waals surface area contributed by atoms with Crippen molar-refractivity contribution in [3.63, 3.8) is 0 Å². The van der Waals surface area contributed by atoms with Crippen LogP contribution in [-0.2, 0) is 12.8 Å². The largest absolute Gasteiger partial charge is 0.493 e. The Hall–Kier alpha value is -2.30. The second-order valence-corrected chi connectivity index (χ2v) is 5.81. The number of H-pyrrole nitrogens is 1. The standard InChI is InChI=1S/C17H21N3O2/c1-11-15(12(2)19-18-11)6-8-20(3)17(21)14-4-5-16-13(10-14)7-9-22-16/h4-5,10H,6-9H2,1-3H3,(H,18,19). The molecule has 0 atom stereocenters. The summed E-state index contributed by atoms with van der Waals surface area (Å²) >= 11 is 0. The van der Waals surface area contributed by atoms with Gasteiger partial charge < -0.3 is 9.64 Å². The smallest absolute Gasteiger partial charge is 0.253 e. The van der Waals surface area contributed by atoms with Crippen molar-refractivity contribution in [2.45, 2.75) is 26.7 Å². The zero-order chi connectivity index (χ0) is 15.7. The van der Waals surface area contributed by atoms with Crippen molar-refractivity contribution in [2.75, 3.05) is 20.2 Å². The first-order valence-electron chi connectivity index (χ1n) is 7.58. The van der Waals surface area contributed by atoms with Gasteiger partial charge in [0.1, 0.15) is 5.75 Å². The van der Waals surface area contributed by atoms with E-state index in [9.17, 15) is 4.79 Å². The van der Waals surface area contributed by atoms with Gasteiger partial charge in [-0.15, -0.1) is 0 Å². The second-order valence-electron chi connectivity index (χ2n) is 5.81. The first kappa shape index (κ1) is 14.6. The fourth-order valence-electron chi connectivity index (χ4n) is 2.86. The van der Waals surface area contributed by atoms with E-state index in [4.69, 9.17) is 4.74 Å². The number of hydrogen-bond acceptors (Lipinski definition) is 3. The molecule has 1 N–H and O–H groups in total. The fourth-order valence-corrected chi connectivity index (χ4v) is 2.86. The lowest BCUT2D eigenvalue weighted by Crippen LogP contribution is -2.29. The predicted octanol–water partition coefficient (Wildman–Crippen LogP) is 2.28. The lowest BCUT2D eigenvalue weighted by atomic mass is 10.1. The number of amides is 1. The van der Waals surface area contributed by atoms with Crippen molar-refractivity contribution in [3.8, 4) is 5.75 Å². The topological polar surface area (TPSA) is 58.2 Å². The molecule has 0 spiro atoms. The summed E-state index contributed by atoms with van der Waals surface area (Å²) in [6.45, 7) is 5.38. The van der Waals surface area contributed by atoms with Gasteiger partial charge in [-0.2, -0.15) is 5.10 Å². The summed E-state index contributed by atoms with van der Waals surface area (Å²) < 4.78 is 5.48. The molecule has 5 heteroatoms. The minimum absolute atomic E-state index is 0.0495. The SMILES string of the molecule is Cc1n[nH]c(C)c1CCN(C)C(=O)c1ccc2c(c1)CCO2. The molecule has 3 rings (SSSR count). The number of nitrogens with one attached hydrogen (secondary N) is 1. The molecule has 1 amide bonds. The van der Waals surface area contributed by atoms with E-state index in [1.165, 1.54) is 5.56 Å². The molecular formula is C17H21N3O2. The van der Waals surface area contributed by atoms with Crippen LogP contribution in [0, 0.1) is 13.8 Å². The maximum absolute atomic E-state index is 12.5. The van der Waals surface area contributed by atoms with Gasteiger partial charge in [0.05, 0.1) is 12.3 Å². The van der Waals surface area contributed by atoms with Gasteiger partial charge in [-0.1, -0.05) is 0 Å². The van der Waals surface area contributed by atoms with E-state index in [1.807, 2.05) is 39.1 Å². The van der Waals surface area contributed by atoms with Crippen LogP contribution in [0.15, 0.2) is 18.2 Å². The number of ether oxygens (including phenoxy) is 1. The van der Waals surface area contributed by atoms with Gasteiger partial charge >= 0.3 is 0 Å². The number of nitrogens with zero attached hydrogens (tertiary/aromatic N) is 2. The summed E-state index contributed by atoms with van der Waals surface area (Å²) in [6, 6.07) is 5.70. The average molecular weight is 299 g/mol. The van der Waals surface area contributed by atoms with Gasteiger partial charge in [0, 0.05) is 31.3 Å². The molecule has 0 aliphatic carbocycles. The molecule has 1 aliphatic heterocycles. The van der Waals surface area contributed by atoms with Crippen LogP contribution in [0.4, 0.5) is 0 Å². The number of aromatic nitrogens is 2. The average Bonchev–Trinajstić information content (AvgIpc) is 3.10. The Bertz CT molecular complexity index is 686. The fraction of sp³-hybridized carbons (Fsp3) is 0.412. The third kappa shape index (κ3) is 2.71. The monoisotopic (exact) mass is 299 g/mol. The molecule has 2 heterocycles. The number of aryl methyl sites for hydroxylation is 2. The van der Waals surface area contributed by atoms with E-state index < -0.39 is 0 Å². The Labute approximate surface area is 130 Å². The van der Waals surface area contributed by atoms with Crippen LogP contribution in [0.3, 0.4) is 0 Å². The van der Waals surface area contributed by atoms with Crippen LogP contribution in [0.25, 0.3) is 0 Å². The summed E-state index contributed by atoms with van der Waals surface area (Å²) in [6.07, 6.45) is 1.69. The number of likely N-dealkylation sites (N-methyl/N-ethyl adjacent to an activating group) is 1. The van der Waals surface area contributed by atoms with E-state index in [0.717, 1.165) is 41.1 Å². The van der Waals surface area contributed by atoms with E-state index in [0.29, 0.717) is 13.2 Å². The number of benzene rings is 1. The molecule has 0 saturated heterocycles. The molecule has 1 aliphatic rings. The molecule has 22 heavy (non-hydrogen) atoms. The highest BCUT2D eigenvalue weighted by Gasteiger charge is 2.18. The first-order chi connectivity index (χ1) is 10.6. The number of carbonyl (C=O) groups excluding carboxylic acids is 1. The predicted molar refractivity (Wildman–Crippen MR) is 84.4 cm³/mol. The summed E-state index contributed by atoms with van der Waals surface area (Å²) in [5.74, 6) is 0.956. The van der Waals surface area contributed by atoms with Gasteiger partial charge in [0.15, 0.2) is 0 Å². The second kappa shape index (κ2) is 5.83. The number of carbonyl (C=O) groups is 1. The highest BCUT2D eigenvalue weighted by atomic mass is 16.5. The van der Waals surface area contributed by atoms with Crippen LogP contribution in [-0.4, -0.2) is 41.2 Å². The number of hydrogen-bond donors (Lipinski definition) is 1. The quantitative estimate of drug-likeness (QED) is 0.942. The van der Waals surface area contributed by atoms with Crippen LogP contribution >= 0.6 is 0 Å². The Morgan fingerprint density at radius 2 is 2.23 bits per heavy atom. The van der Waals surface area contributed by atoms with Gasteiger partial charge in [-0.05, 0) is 49.6 Å². The Morgan fingerprint density at radius 3 is 2.95 bits per heavy atom. The highest BCUT2D eigenvalue weighted by Crippen LogP contribution is 2.26. The van der Waals surface area contributed by atoms with Gasteiger partial charge in [-0.25, -0.2) is 0 Å². The lowest BCUT2D eigenvalue weighted by Gasteiger charge is -2.17. The molecule has 2 aromatic rings. The minimum atomic E-state index is 0.0495. The molecule has 0 bridgehead atoms. The van der Waals surface area contributed by atoms with E-state index in [1.54, 1.807) is 4.90 Å². The Morgan fingerprint density at radius 1 is 1.41 bits per heavy atom. The zero-order valence-corrected chi connectivity index (χ0v) is 13.3. The molecule has 1 aromatic heterocycles. The van der Waals surface area contributed by atoms with Crippen molar-refractivity contribution in [3.05, 3.63) is 46.3 Å². The number of rotatable bonds is 4. The van der Waals surface area contributed by atoms with Crippen LogP contribution in [0.5, 0.6) is 5.75 Å².